The van der Waals surface area contributed by atoms with Crippen LogP contribution >= 0.6 is 23.2 Å². The van der Waals surface area contributed by atoms with Crippen molar-refractivity contribution >= 4 is 51.5 Å². The predicted octanol–water partition coefficient (Wildman–Crippen LogP) is 6.42. The number of hydrogen-bond acceptors (Lipinski definition) is 3. The van der Waals surface area contributed by atoms with Crippen molar-refractivity contribution in [2.45, 2.75) is 6.42 Å². The van der Waals surface area contributed by atoms with Crippen LogP contribution in [0.3, 0.4) is 0 Å². The standard InChI is InChI=1S/C23H15Cl2NO3/c24-16-7-10-18(19(25)13-16)23(28)26-17-8-5-14(6-9-17)11-20(27)22-12-15-3-1-2-4-21(15)29-22/h1-10,12-13H,11H2,(H,26,28). The fraction of sp³-hybridized carbons (Fsp3) is 0.0435. The molecule has 29 heavy (non-hydrogen) atoms. The maximum absolute atomic E-state index is 12.5. The summed E-state index contributed by atoms with van der Waals surface area (Å²) >= 11 is 11.9. The number of rotatable bonds is 5. The Hall–Kier alpha value is -3.08. The van der Waals surface area contributed by atoms with Crippen molar-refractivity contribution in [2.24, 2.45) is 0 Å². The summed E-state index contributed by atoms with van der Waals surface area (Å²) in [5.74, 6) is -0.107. The molecule has 0 bridgehead atoms. The van der Waals surface area contributed by atoms with Crippen LogP contribution in [-0.2, 0) is 6.42 Å². The Morgan fingerprint density at radius 3 is 2.38 bits per heavy atom. The molecule has 0 aliphatic heterocycles. The number of anilines is 1. The lowest BCUT2D eigenvalue weighted by atomic mass is 10.1. The van der Waals surface area contributed by atoms with Gasteiger partial charge in [-0.15, -0.1) is 0 Å². The number of para-hydroxylation sites is 1. The molecule has 4 nitrogen and oxygen atoms in total. The zero-order chi connectivity index (χ0) is 20.4. The molecule has 0 saturated carbocycles. The number of benzene rings is 3. The second-order valence-electron chi connectivity index (χ2n) is 6.52. The average molecular weight is 424 g/mol. The highest BCUT2D eigenvalue weighted by Gasteiger charge is 2.14. The van der Waals surface area contributed by atoms with Crippen LogP contribution in [-0.4, -0.2) is 11.7 Å². The normalized spacial score (nSPS) is 10.8. The number of fused-ring (bicyclic) bond motifs is 1. The molecule has 4 aromatic rings. The highest BCUT2D eigenvalue weighted by atomic mass is 35.5. The van der Waals surface area contributed by atoms with Crippen LogP contribution in [0.4, 0.5) is 5.69 Å². The quantitative estimate of drug-likeness (QED) is 0.376. The van der Waals surface area contributed by atoms with Crippen molar-refractivity contribution in [1.29, 1.82) is 0 Å². The first kappa shape index (κ1) is 19.2. The Morgan fingerprint density at radius 1 is 0.897 bits per heavy atom. The molecule has 1 amide bonds. The molecular formula is C23H15Cl2NO3. The van der Waals surface area contributed by atoms with Crippen LogP contribution in [0.5, 0.6) is 0 Å². The summed E-state index contributed by atoms with van der Waals surface area (Å²) in [5.41, 5.74) is 2.44. The lowest BCUT2D eigenvalue weighted by molar-refractivity contribution is 0.0967. The van der Waals surface area contributed by atoms with E-state index in [1.807, 2.05) is 24.3 Å². The molecule has 0 aliphatic carbocycles. The van der Waals surface area contributed by atoms with Crippen LogP contribution in [0.15, 0.2) is 77.2 Å². The van der Waals surface area contributed by atoms with Gasteiger partial charge < -0.3 is 9.73 Å². The Balaban J connectivity index is 1.43. The van der Waals surface area contributed by atoms with Gasteiger partial charge in [0.2, 0.25) is 5.78 Å². The first-order valence-electron chi connectivity index (χ1n) is 8.87. The van der Waals surface area contributed by atoms with Gasteiger partial charge in [-0.1, -0.05) is 53.5 Å². The van der Waals surface area contributed by atoms with E-state index in [2.05, 4.69) is 5.32 Å². The van der Waals surface area contributed by atoms with Gasteiger partial charge in [-0.3, -0.25) is 9.59 Å². The second-order valence-corrected chi connectivity index (χ2v) is 7.37. The van der Waals surface area contributed by atoms with Crippen LogP contribution in [0.2, 0.25) is 10.0 Å². The highest BCUT2D eigenvalue weighted by molar-refractivity contribution is 6.37. The molecule has 144 valence electrons. The summed E-state index contributed by atoms with van der Waals surface area (Å²) in [6.07, 6.45) is 0.205. The predicted molar refractivity (Wildman–Crippen MR) is 115 cm³/mol. The molecular weight excluding hydrogens is 409 g/mol. The molecule has 0 atom stereocenters. The lowest BCUT2D eigenvalue weighted by Gasteiger charge is -2.08. The zero-order valence-corrected chi connectivity index (χ0v) is 16.6. The van der Waals surface area contributed by atoms with Gasteiger partial charge in [-0.05, 0) is 48.0 Å². The molecule has 4 rings (SSSR count). The fourth-order valence-corrected chi connectivity index (χ4v) is 3.46. The van der Waals surface area contributed by atoms with Gasteiger partial charge in [0.05, 0.1) is 10.6 Å². The van der Waals surface area contributed by atoms with Gasteiger partial charge in [0.25, 0.3) is 5.91 Å². The van der Waals surface area contributed by atoms with E-state index in [0.717, 1.165) is 10.9 Å². The third-order valence-electron chi connectivity index (χ3n) is 4.45. The SMILES string of the molecule is O=C(Cc1ccc(NC(=O)c2ccc(Cl)cc2Cl)cc1)c1cc2ccccc2o1. The minimum atomic E-state index is -0.335. The Morgan fingerprint density at radius 2 is 1.66 bits per heavy atom. The van der Waals surface area contributed by atoms with E-state index in [-0.39, 0.29) is 23.1 Å². The van der Waals surface area contributed by atoms with Crippen LogP contribution < -0.4 is 5.32 Å². The average Bonchev–Trinajstić information content (AvgIpc) is 3.14. The molecule has 1 N–H and O–H groups in total. The van der Waals surface area contributed by atoms with Gasteiger partial charge >= 0.3 is 0 Å². The van der Waals surface area contributed by atoms with Gasteiger partial charge in [0.15, 0.2) is 5.76 Å². The number of carbonyl (C=O) groups is 2. The van der Waals surface area contributed by atoms with Gasteiger partial charge in [-0.25, -0.2) is 0 Å². The number of Topliss-reactive ketones (excluding diaryl/α,β-unsaturated/α-hetero) is 1. The molecule has 0 aliphatic rings. The Labute approximate surface area is 177 Å². The number of halogens is 2. The van der Waals surface area contributed by atoms with Crippen LogP contribution in [0.25, 0.3) is 11.0 Å². The Bertz CT molecular complexity index is 1180. The highest BCUT2D eigenvalue weighted by Crippen LogP contribution is 2.23. The zero-order valence-electron chi connectivity index (χ0n) is 15.1. The first-order chi connectivity index (χ1) is 14.0. The van der Waals surface area contributed by atoms with Crippen molar-refractivity contribution in [3.63, 3.8) is 0 Å². The van der Waals surface area contributed by atoms with Crippen molar-refractivity contribution < 1.29 is 14.0 Å². The summed E-state index contributed by atoms with van der Waals surface area (Å²) < 4.78 is 5.62. The van der Waals surface area contributed by atoms with E-state index < -0.39 is 0 Å². The molecule has 0 unspecified atom stereocenters. The first-order valence-corrected chi connectivity index (χ1v) is 9.62. The van der Waals surface area contributed by atoms with Crippen LogP contribution in [0.1, 0.15) is 26.5 Å². The number of nitrogens with one attached hydrogen (secondary N) is 1. The molecule has 1 heterocycles. The fourth-order valence-electron chi connectivity index (χ4n) is 2.97. The number of ketones is 1. The van der Waals surface area contributed by atoms with E-state index in [9.17, 15) is 9.59 Å². The van der Waals surface area contributed by atoms with Crippen molar-refractivity contribution in [1.82, 2.24) is 0 Å². The third-order valence-corrected chi connectivity index (χ3v) is 5.00. The third kappa shape index (κ3) is 4.34. The minimum absolute atomic E-state index is 0.106. The summed E-state index contributed by atoms with van der Waals surface area (Å²) in [6.45, 7) is 0. The molecule has 3 aromatic carbocycles. The largest absolute Gasteiger partial charge is 0.453 e. The second kappa shape index (κ2) is 8.11. The monoisotopic (exact) mass is 423 g/mol. The summed E-state index contributed by atoms with van der Waals surface area (Å²) in [6, 6.07) is 21.0. The minimum Gasteiger partial charge on any atom is -0.453 e. The van der Waals surface area contributed by atoms with E-state index in [4.69, 9.17) is 27.6 Å². The number of furan rings is 1. The number of amides is 1. The topological polar surface area (TPSA) is 59.3 Å². The molecule has 0 saturated heterocycles. The van der Waals surface area contributed by atoms with E-state index in [1.54, 1.807) is 42.5 Å². The molecule has 0 fully saturated rings. The summed E-state index contributed by atoms with van der Waals surface area (Å²) in [4.78, 5) is 24.9. The summed E-state index contributed by atoms with van der Waals surface area (Å²) in [7, 11) is 0. The summed E-state index contributed by atoms with van der Waals surface area (Å²) in [5, 5.41) is 4.42. The number of carbonyl (C=O) groups excluding carboxylic acids is 2. The van der Waals surface area contributed by atoms with Gasteiger partial charge in [0, 0.05) is 22.5 Å². The number of hydrogen-bond donors (Lipinski definition) is 1. The molecule has 1 aromatic heterocycles. The Kier molecular flexibility index (Phi) is 5.38. The van der Waals surface area contributed by atoms with E-state index in [1.165, 1.54) is 6.07 Å². The maximum Gasteiger partial charge on any atom is 0.257 e. The molecule has 0 spiro atoms. The maximum atomic E-state index is 12.5. The molecule has 0 radical (unpaired) electrons. The van der Waals surface area contributed by atoms with Gasteiger partial charge in [0.1, 0.15) is 5.58 Å². The van der Waals surface area contributed by atoms with Crippen molar-refractivity contribution in [3.05, 3.63) is 99.7 Å². The lowest BCUT2D eigenvalue weighted by Crippen LogP contribution is -2.12. The molecule has 6 heteroatoms. The van der Waals surface area contributed by atoms with Crippen molar-refractivity contribution in [2.75, 3.05) is 5.32 Å². The van der Waals surface area contributed by atoms with Gasteiger partial charge in [-0.2, -0.15) is 0 Å². The van der Waals surface area contributed by atoms with E-state index >= 15 is 0 Å². The van der Waals surface area contributed by atoms with Crippen molar-refractivity contribution in [3.8, 4) is 0 Å². The smallest absolute Gasteiger partial charge is 0.257 e. The van der Waals surface area contributed by atoms with Crippen LogP contribution in [0, 0.1) is 0 Å². The van der Waals surface area contributed by atoms with E-state index in [0.29, 0.717) is 27.6 Å².